The van der Waals surface area contributed by atoms with E-state index in [1.54, 1.807) is 12.1 Å². The van der Waals surface area contributed by atoms with Crippen molar-refractivity contribution in [3.8, 4) is 6.07 Å². The molecule has 0 saturated carbocycles. The quantitative estimate of drug-likeness (QED) is 0.769. The molecule has 2 N–H and O–H groups in total. The van der Waals surface area contributed by atoms with Crippen molar-refractivity contribution in [2.45, 2.75) is 5.66 Å². The fourth-order valence-corrected chi connectivity index (χ4v) is 3.01. The average Bonchev–Trinajstić information content (AvgIpc) is 3.06. The summed E-state index contributed by atoms with van der Waals surface area (Å²) in [6.45, 7) is 0. The van der Waals surface area contributed by atoms with E-state index in [0.29, 0.717) is 27.8 Å². The molecule has 26 heavy (non-hydrogen) atoms. The third kappa shape index (κ3) is 2.55. The van der Waals surface area contributed by atoms with Crippen molar-refractivity contribution in [2.24, 2.45) is 10.7 Å². The molecule has 126 valence electrons. The summed E-state index contributed by atoms with van der Waals surface area (Å²) in [5.41, 5.74) is 8.11. The molecule has 0 bridgehead atoms. The number of nitrogens with two attached hydrogens (primary N) is 1. The zero-order chi connectivity index (χ0) is 18.3. The standard InChI is InChI=1S/C20H12F2N4/c21-17-5-4-13(7-18(17)22)15-8-20(24,26-11-15)16-3-1-2-14-6-12(9-23)10-25-19(14)16/h1-8,10-11H,24H2. The predicted molar refractivity (Wildman–Crippen MR) is 95.2 cm³/mol. The van der Waals surface area contributed by atoms with Crippen LogP contribution in [0.1, 0.15) is 16.7 Å². The molecular weight excluding hydrogens is 334 g/mol. The first-order chi connectivity index (χ1) is 12.5. The van der Waals surface area contributed by atoms with E-state index in [9.17, 15) is 8.78 Å². The van der Waals surface area contributed by atoms with Crippen LogP contribution < -0.4 is 5.73 Å². The van der Waals surface area contributed by atoms with Gasteiger partial charge in [-0.3, -0.25) is 15.7 Å². The summed E-state index contributed by atoms with van der Waals surface area (Å²) < 4.78 is 26.7. The van der Waals surface area contributed by atoms with Gasteiger partial charge in [-0.25, -0.2) is 8.78 Å². The summed E-state index contributed by atoms with van der Waals surface area (Å²) in [5, 5.41) is 9.80. The number of rotatable bonds is 2. The highest BCUT2D eigenvalue weighted by Gasteiger charge is 2.30. The fourth-order valence-electron chi connectivity index (χ4n) is 3.01. The van der Waals surface area contributed by atoms with Crippen molar-refractivity contribution in [3.05, 3.63) is 83.1 Å². The largest absolute Gasteiger partial charge is 0.300 e. The van der Waals surface area contributed by atoms with E-state index >= 15 is 0 Å². The number of fused-ring (bicyclic) bond motifs is 1. The number of benzene rings is 2. The summed E-state index contributed by atoms with van der Waals surface area (Å²) in [6, 6.07) is 12.9. The molecular formula is C20H12F2N4. The van der Waals surface area contributed by atoms with E-state index in [2.05, 4.69) is 16.0 Å². The number of halogens is 2. The molecule has 0 saturated heterocycles. The van der Waals surface area contributed by atoms with Gasteiger partial charge in [-0.2, -0.15) is 5.26 Å². The minimum Gasteiger partial charge on any atom is -0.300 e. The maximum atomic E-state index is 13.5. The van der Waals surface area contributed by atoms with E-state index in [4.69, 9.17) is 11.0 Å². The van der Waals surface area contributed by atoms with Gasteiger partial charge in [0.25, 0.3) is 0 Å². The van der Waals surface area contributed by atoms with Crippen LogP contribution in [-0.4, -0.2) is 11.2 Å². The molecule has 1 aromatic heterocycles. The van der Waals surface area contributed by atoms with Gasteiger partial charge in [-0.05, 0) is 35.4 Å². The maximum absolute atomic E-state index is 13.5. The molecule has 3 aromatic rings. The lowest BCUT2D eigenvalue weighted by Gasteiger charge is -2.20. The average molecular weight is 346 g/mol. The molecule has 0 spiro atoms. The number of nitrogens with zero attached hydrogens (tertiary/aromatic N) is 3. The second-order valence-electron chi connectivity index (χ2n) is 6.03. The van der Waals surface area contributed by atoms with Crippen LogP contribution >= 0.6 is 0 Å². The number of aromatic nitrogens is 1. The predicted octanol–water partition coefficient (Wildman–Crippen LogP) is 3.66. The Balaban J connectivity index is 1.82. The third-order valence-corrected chi connectivity index (χ3v) is 4.32. The van der Waals surface area contributed by atoms with Gasteiger partial charge in [0.15, 0.2) is 17.3 Å². The van der Waals surface area contributed by atoms with Crippen LogP contribution in [0.25, 0.3) is 16.5 Å². The van der Waals surface area contributed by atoms with E-state index in [1.807, 2.05) is 18.2 Å². The van der Waals surface area contributed by atoms with Crippen molar-refractivity contribution in [3.63, 3.8) is 0 Å². The van der Waals surface area contributed by atoms with Gasteiger partial charge in [-0.1, -0.05) is 24.3 Å². The first-order valence-electron chi connectivity index (χ1n) is 7.82. The molecule has 4 nitrogen and oxygen atoms in total. The van der Waals surface area contributed by atoms with Crippen LogP contribution in [0.4, 0.5) is 8.78 Å². The lowest BCUT2D eigenvalue weighted by atomic mass is 9.95. The third-order valence-electron chi connectivity index (χ3n) is 4.32. The fraction of sp³-hybridized carbons (Fsp3) is 0.0500. The minimum atomic E-state index is -1.18. The SMILES string of the molecule is N#Cc1cnc2c(C3(N)C=C(c4ccc(F)c(F)c4)C=N3)cccc2c1. The number of hydrogen-bond acceptors (Lipinski definition) is 4. The Kier molecular flexibility index (Phi) is 3.60. The highest BCUT2D eigenvalue weighted by Crippen LogP contribution is 2.34. The van der Waals surface area contributed by atoms with Crippen LogP contribution in [0.3, 0.4) is 0 Å². The van der Waals surface area contributed by atoms with Gasteiger partial charge < -0.3 is 0 Å². The van der Waals surface area contributed by atoms with Crippen LogP contribution in [0.5, 0.6) is 0 Å². The maximum Gasteiger partial charge on any atom is 0.159 e. The Hall–Kier alpha value is -3.43. The molecule has 6 heteroatoms. The molecule has 1 atom stereocenters. The Labute approximate surface area is 147 Å². The van der Waals surface area contributed by atoms with Crippen molar-refractivity contribution >= 4 is 22.7 Å². The summed E-state index contributed by atoms with van der Waals surface area (Å²) in [7, 11) is 0. The molecule has 0 aliphatic carbocycles. The van der Waals surface area contributed by atoms with Gasteiger partial charge in [0, 0.05) is 23.4 Å². The Morgan fingerprint density at radius 2 is 1.92 bits per heavy atom. The summed E-state index contributed by atoms with van der Waals surface area (Å²) >= 11 is 0. The zero-order valence-corrected chi connectivity index (χ0v) is 13.4. The molecule has 2 aromatic carbocycles. The summed E-state index contributed by atoms with van der Waals surface area (Å²) in [4.78, 5) is 8.73. The van der Waals surface area contributed by atoms with E-state index in [0.717, 1.165) is 17.5 Å². The lowest BCUT2D eigenvalue weighted by molar-refractivity contribution is 0.508. The van der Waals surface area contributed by atoms with Crippen LogP contribution in [0.2, 0.25) is 0 Å². The number of aliphatic imine (C=N–C) groups is 1. The molecule has 0 amide bonds. The second-order valence-corrected chi connectivity index (χ2v) is 6.03. The van der Waals surface area contributed by atoms with Gasteiger partial charge in [0.2, 0.25) is 0 Å². The molecule has 0 radical (unpaired) electrons. The Bertz CT molecular complexity index is 1140. The van der Waals surface area contributed by atoms with Gasteiger partial charge in [0.05, 0.1) is 11.1 Å². The number of pyridine rings is 1. The van der Waals surface area contributed by atoms with E-state index < -0.39 is 17.3 Å². The van der Waals surface area contributed by atoms with Crippen molar-refractivity contribution < 1.29 is 8.78 Å². The number of para-hydroxylation sites is 1. The first kappa shape index (κ1) is 16.1. The van der Waals surface area contributed by atoms with Crippen molar-refractivity contribution in [1.82, 2.24) is 4.98 Å². The lowest BCUT2D eigenvalue weighted by Crippen LogP contribution is -2.31. The van der Waals surface area contributed by atoms with Gasteiger partial charge in [0.1, 0.15) is 6.07 Å². The van der Waals surface area contributed by atoms with Crippen LogP contribution in [0.15, 0.2) is 59.7 Å². The number of allylic oxidation sites excluding steroid dienone is 1. The van der Waals surface area contributed by atoms with Crippen molar-refractivity contribution in [2.75, 3.05) is 0 Å². The monoisotopic (exact) mass is 346 g/mol. The highest BCUT2D eigenvalue weighted by molar-refractivity contribution is 6.12. The summed E-state index contributed by atoms with van der Waals surface area (Å²) in [6.07, 6.45) is 4.71. The molecule has 1 aliphatic rings. The van der Waals surface area contributed by atoms with E-state index in [1.165, 1.54) is 18.5 Å². The van der Waals surface area contributed by atoms with E-state index in [-0.39, 0.29) is 0 Å². The molecule has 0 fully saturated rings. The number of hydrogen-bond donors (Lipinski definition) is 1. The Morgan fingerprint density at radius 1 is 1.08 bits per heavy atom. The zero-order valence-electron chi connectivity index (χ0n) is 13.4. The molecule has 4 rings (SSSR count). The molecule has 1 aliphatic heterocycles. The van der Waals surface area contributed by atoms with Crippen LogP contribution in [0, 0.1) is 23.0 Å². The van der Waals surface area contributed by atoms with Crippen molar-refractivity contribution in [1.29, 1.82) is 5.26 Å². The Morgan fingerprint density at radius 3 is 2.69 bits per heavy atom. The van der Waals surface area contributed by atoms with Gasteiger partial charge >= 0.3 is 0 Å². The van der Waals surface area contributed by atoms with Gasteiger partial charge in [-0.15, -0.1) is 0 Å². The number of nitriles is 1. The normalized spacial score (nSPS) is 18.8. The van der Waals surface area contributed by atoms with Crippen LogP contribution in [-0.2, 0) is 5.66 Å². The topological polar surface area (TPSA) is 75.1 Å². The smallest absolute Gasteiger partial charge is 0.159 e. The second kappa shape index (κ2) is 5.83. The first-order valence-corrected chi connectivity index (χ1v) is 7.82. The highest BCUT2D eigenvalue weighted by atomic mass is 19.2. The summed E-state index contributed by atoms with van der Waals surface area (Å²) in [5.74, 6) is -1.84. The molecule has 1 unspecified atom stereocenters. The minimum absolute atomic E-state index is 0.452. The molecule has 2 heterocycles.